The maximum Gasteiger partial charge on any atom is 0.252 e. The molecule has 0 atom stereocenters. The van der Waals surface area contributed by atoms with Gasteiger partial charge in [0.1, 0.15) is 0 Å². The lowest BCUT2D eigenvalue weighted by Gasteiger charge is -2.44. The van der Waals surface area contributed by atoms with Gasteiger partial charge in [-0.3, -0.25) is 0 Å². The molecule has 474 valence electrons. The Morgan fingerprint density at radius 3 is 1.00 bits per heavy atom. The van der Waals surface area contributed by atoms with Crippen LogP contribution in [0.5, 0.6) is 0 Å². The monoisotopic (exact) mass is 1300 g/mol. The first-order valence-corrected chi connectivity index (χ1v) is 34.2. The minimum absolute atomic E-state index is 0.138. The van der Waals surface area contributed by atoms with Crippen molar-refractivity contribution in [3.05, 3.63) is 351 Å². The molecule has 0 radical (unpaired) electrons. The number of nitriles is 1. The number of fused-ring (bicyclic) bond motifs is 7. The van der Waals surface area contributed by atoms with Crippen LogP contribution in [0.2, 0.25) is 0 Å². The highest BCUT2D eigenvalue weighted by molar-refractivity contribution is 7.00. The first-order valence-electron chi connectivity index (χ1n) is 34.2. The van der Waals surface area contributed by atoms with Crippen LogP contribution >= 0.6 is 0 Å². The van der Waals surface area contributed by atoms with Crippen LogP contribution in [0.4, 0.5) is 34.1 Å². The maximum atomic E-state index is 10.8. The van der Waals surface area contributed by atoms with Gasteiger partial charge in [0.05, 0.1) is 28.4 Å². The number of aromatic nitrogens is 7. The van der Waals surface area contributed by atoms with E-state index in [0.29, 0.717) is 46.1 Å². The minimum atomic E-state index is -0.138. The lowest BCUT2D eigenvalue weighted by Crippen LogP contribution is -2.61. The Balaban J connectivity index is 0.885. The molecule has 0 amide bonds. The van der Waals surface area contributed by atoms with Crippen LogP contribution in [0.3, 0.4) is 0 Å². The van der Waals surface area contributed by atoms with Crippen LogP contribution < -0.4 is 26.2 Å². The van der Waals surface area contributed by atoms with Gasteiger partial charge in [0.15, 0.2) is 34.9 Å². The number of anilines is 6. The molecule has 0 aliphatic carbocycles. The predicted octanol–water partition coefficient (Wildman–Crippen LogP) is 20.1. The second-order valence-corrected chi connectivity index (χ2v) is 25.7. The molecule has 19 rings (SSSR count). The fraction of sp³-hybridized carbons (Fsp3) is 0. The number of benzene rings is 14. The Hall–Kier alpha value is -13.9. The van der Waals surface area contributed by atoms with Crippen LogP contribution in [0.1, 0.15) is 5.56 Å². The molecule has 2 aliphatic heterocycles. The quantitative estimate of drug-likeness (QED) is 0.110. The number of hydrogen-bond acceptors (Lipinski definition) is 9. The van der Waals surface area contributed by atoms with Crippen molar-refractivity contribution in [2.24, 2.45) is 0 Å². The number of nitrogens with zero attached hydrogens (tertiary/aromatic N) is 10. The highest BCUT2D eigenvalue weighted by Crippen LogP contribution is 2.49. The van der Waals surface area contributed by atoms with E-state index in [1.165, 1.54) is 16.4 Å². The molecule has 5 heterocycles. The van der Waals surface area contributed by atoms with Gasteiger partial charge in [-0.15, -0.1) is 0 Å². The summed E-state index contributed by atoms with van der Waals surface area (Å²) in [7, 11) is 0. The Labute approximate surface area is 589 Å². The van der Waals surface area contributed by atoms with E-state index in [1.54, 1.807) is 0 Å². The Morgan fingerprint density at radius 1 is 0.255 bits per heavy atom. The van der Waals surface area contributed by atoms with E-state index in [-0.39, 0.29) is 6.71 Å². The van der Waals surface area contributed by atoms with Gasteiger partial charge in [-0.25, -0.2) is 29.9 Å². The first kappa shape index (κ1) is 59.3. The van der Waals surface area contributed by atoms with Crippen LogP contribution in [0.15, 0.2) is 346 Å². The highest BCUT2D eigenvalue weighted by Gasteiger charge is 2.44. The third kappa shape index (κ3) is 10.4. The third-order valence-corrected chi connectivity index (χ3v) is 19.7. The molecule has 0 unspecified atom stereocenters. The zero-order valence-corrected chi connectivity index (χ0v) is 55.0. The summed E-state index contributed by atoms with van der Waals surface area (Å²) in [5.41, 5.74) is 24.8. The van der Waals surface area contributed by atoms with Crippen molar-refractivity contribution in [2.75, 3.05) is 9.80 Å². The van der Waals surface area contributed by atoms with Gasteiger partial charge in [-0.1, -0.05) is 249 Å². The summed E-state index contributed by atoms with van der Waals surface area (Å²) in [6, 6.07) is 124. The molecule has 10 nitrogen and oxygen atoms in total. The van der Waals surface area contributed by atoms with Crippen LogP contribution in [-0.4, -0.2) is 41.2 Å². The average Bonchev–Trinajstić information content (AvgIpc) is 0.759. The molecule has 0 bridgehead atoms. The summed E-state index contributed by atoms with van der Waals surface area (Å²) in [4.78, 5) is 36.3. The second kappa shape index (κ2) is 24.9. The third-order valence-electron chi connectivity index (χ3n) is 19.7. The van der Waals surface area contributed by atoms with E-state index in [4.69, 9.17) is 29.9 Å². The van der Waals surface area contributed by atoms with Crippen molar-refractivity contribution in [3.8, 4) is 113 Å². The SMILES string of the molecule is N#Cc1ccc(-n2c3ccc(-c4cc5c6c(c4)N(c4ccccc4)c4cc(-c7ccccc7)ccc4B6c4ccc(-c6ccccc6)cc4N5c4ccccc4)cc3c3cc(-c4nc(-c5ccccc5)nc(-c5ccccc5)n4)ccc32)c(-c2nc(-c3ccccc3)nc(-c3ccccc3)n2)c1. The summed E-state index contributed by atoms with van der Waals surface area (Å²) in [6.45, 7) is -0.138. The summed E-state index contributed by atoms with van der Waals surface area (Å²) < 4.78 is 2.29. The molecule has 14 aromatic carbocycles. The van der Waals surface area contributed by atoms with Gasteiger partial charge < -0.3 is 14.4 Å². The second-order valence-electron chi connectivity index (χ2n) is 25.7. The lowest BCUT2D eigenvalue weighted by atomic mass is 9.33. The zero-order chi connectivity index (χ0) is 67.6. The van der Waals surface area contributed by atoms with Crippen LogP contribution in [0.25, 0.3) is 129 Å². The molecule has 0 spiro atoms. The van der Waals surface area contributed by atoms with Gasteiger partial charge in [0.25, 0.3) is 6.71 Å². The molecule has 11 heteroatoms. The molecule has 0 fully saturated rings. The summed E-state index contributed by atoms with van der Waals surface area (Å²) in [6.07, 6.45) is 0. The van der Waals surface area contributed by atoms with Gasteiger partial charge >= 0.3 is 0 Å². The van der Waals surface area contributed by atoms with Crippen molar-refractivity contribution < 1.29 is 0 Å². The number of rotatable bonds is 12. The maximum absolute atomic E-state index is 10.8. The average molecular weight is 1300 g/mol. The Bertz CT molecular complexity index is 5860. The van der Waals surface area contributed by atoms with Crippen molar-refractivity contribution in [1.29, 1.82) is 5.26 Å². The summed E-state index contributed by atoms with van der Waals surface area (Å²) in [5.74, 6) is 3.12. The van der Waals surface area contributed by atoms with Crippen molar-refractivity contribution in [2.45, 2.75) is 0 Å². The molecule has 0 saturated heterocycles. The van der Waals surface area contributed by atoms with Crippen molar-refractivity contribution in [1.82, 2.24) is 34.5 Å². The Morgan fingerprint density at radius 2 is 0.588 bits per heavy atom. The predicted molar refractivity (Wildman–Crippen MR) is 415 cm³/mol. The van der Waals surface area contributed by atoms with Gasteiger partial charge in [-0.2, -0.15) is 5.26 Å². The smallest absolute Gasteiger partial charge is 0.252 e. The fourth-order valence-electron chi connectivity index (χ4n) is 14.9. The topological polar surface area (TPSA) is 113 Å². The molecule has 17 aromatic rings. The van der Waals surface area contributed by atoms with Gasteiger partial charge in [0.2, 0.25) is 0 Å². The summed E-state index contributed by atoms with van der Waals surface area (Å²) in [5, 5.41) is 12.7. The minimum Gasteiger partial charge on any atom is -0.311 e. The van der Waals surface area contributed by atoms with E-state index in [2.05, 4.69) is 227 Å². The highest BCUT2D eigenvalue weighted by atomic mass is 15.2. The van der Waals surface area contributed by atoms with E-state index in [1.807, 2.05) is 140 Å². The van der Waals surface area contributed by atoms with Crippen LogP contribution in [-0.2, 0) is 0 Å². The van der Waals surface area contributed by atoms with Gasteiger partial charge in [-0.05, 0) is 147 Å². The summed E-state index contributed by atoms with van der Waals surface area (Å²) >= 11 is 0. The normalized spacial score (nSPS) is 12.0. The van der Waals surface area contributed by atoms with E-state index in [9.17, 15) is 5.26 Å². The largest absolute Gasteiger partial charge is 0.311 e. The Kier molecular flexibility index (Phi) is 14.5. The molecule has 0 saturated carbocycles. The zero-order valence-electron chi connectivity index (χ0n) is 55.0. The molecule has 102 heavy (non-hydrogen) atoms. The van der Waals surface area contributed by atoms with E-state index < -0.39 is 0 Å². The standard InChI is InChI=1S/C91H57BN10/c93-58-59-41-48-80(75(51-59)91-98-88(64-33-17-5-18-34-64)95-89(99-91)65-35-19-6-20-36-65)102-78-49-44-66(52-73(78)74-53-69(45-50-79(74)102)90-96-86(62-29-13-3-14-30-62)94-87(97-90)63-31-15-4-16-32-63)70-56-83-85-84(57-70)101(72-39-23-8-24-40-72)82-55-68(61-27-11-2-12-28-61)43-47-77(82)92(85)76-46-42-67(60-25-9-1-10-26-60)54-81(76)100(83)71-37-21-7-22-38-71/h1-57H. The fourth-order valence-corrected chi connectivity index (χ4v) is 14.9. The molecule has 3 aromatic heterocycles. The first-order chi connectivity index (χ1) is 50.5. The number of para-hydroxylation sites is 2. The van der Waals surface area contributed by atoms with Crippen molar-refractivity contribution in [3.63, 3.8) is 0 Å². The molecular weight excluding hydrogens is 1240 g/mol. The van der Waals surface area contributed by atoms with E-state index in [0.717, 1.165) is 123 Å². The molecular formula is C91H57BN10. The van der Waals surface area contributed by atoms with E-state index >= 15 is 0 Å². The van der Waals surface area contributed by atoms with Crippen molar-refractivity contribution >= 4 is 79.0 Å². The molecule has 0 N–H and O–H groups in total. The number of hydrogen-bond donors (Lipinski definition) is 0. The molecule has 2 aliphatic rings. The lowest BCUT2D eigenvalue weighted by molar-refractivity contribution is 1.06. The van der Waals surface area contributed by atoms with Crippen LogP contribution in [0, 0.1) is 11.3 Å². The van der Waals surface area contributed by atoms with Gasteiger partial charge in [0, 0.05) is 78.3 Å².